The molecule has 0 amide bonds. The van der Waals surface area contributed by atoms with Crippen LogP contribution in [-0.4, -0.2) is 18.6 Å². The highest BCUT2D eigenvalue weighted by molar-refractivity contribution is 5.51. The minimum absolute atomic E-state index is 0.148. The van der Waals surface area contributed by atoms with Crippen LogP contribution >= 0.6 is 0 Å². The summed E-state index contributed by atoms with van der Waals surface area (Å²) in [6, 6.07) is 2.86. The zero-order valence-corrected chi connectivity index (χ0v) is 10.2. The lowest BCUT2D eigenvalue weighted by Crippen LogP contribution is -2.46. The average Bonchev–Trinajstić information content (AvgIpc) is 2.24. The Kier molecular flexibility index (Phi) is 3.33. The fourth-order valence-corrected chi connectivity index (χ4v) is 2.42. The third-order valence-corrected chi connectivity index (χ3v) is 3.45. The molecule has 1 aromatic carbocycles. The van der Waals surface area contributed by atoms with E-state index in [1.165, 1.54) is 12.1 Å². The largest absolute Gasteiger partial charge is 0.366 e. The number of nitrogens with two attached hydrogens (primary N) is 1. The minimum Gasteiger partial charge on any atom is -0.366 e. The molecule has 2 nitrogen and oxygen atoms in total. The van der Waals surface area contributed by atoms with Crippen LogP contribution in [0, 0.1) is 18.6 Å². The predicted molar refractivity (Wildman–Crippen MR) is 65.1 cm³/mol. The van der Waals surface area contributed by atoms with E-state index in [-0.39, 0.29) is 23.7 Å². The minimum atomic E-state index is -0.358. The number of hydrogen-bond acceptors (Lipinski definition) is 2. The number of aryl methyl sites for hydroxylation is 1. The maximum absolute atomic E-state index is 13.8. The van der Waals surface area contributed by atoms with Gasteiger partial charge in [0, 0.05) is 24.7 Å². The molecule has 0 saturated carbocycles. The summed E-state index contributed by atoms with van der Waals surface area (Å²) >= 11 is 0. The first-order chi connectivity index (χ1) is 7.99. The van der Waals surface area contributed by atoms with Gasteiger partial charge < -0.3 is 10.6 Å². The molecule has 17 heavy (non-hydrogen) atoms. The fourth-order valence-electron chi connectivity index (χ4n) is 2.42. The number of halogens is 2. The number of benzene rings is 1. The van der Waals surface area contributed by atoms with Gasteiger partial charge in [0.15, 0.2) is 0 Å². The van der Waals surface area contributed by atoms with Crippen LogP contribution in [0.3, 0.4) is 0 Å². The van der Waals surface area contributed by atoms with Crippen LogP contribution < -0.4 is 10.6 Å². The molecule has 1 aromatic rings. The Hall–Kier alpha value is -1.16. The van der Waals surface area contributed by atoms with Crippen LogP contribution in [0.4, 0.5) is 14.5 Å². The lowest BCUT2D eigenvalue weighted by Gasteiger charge is -2.38. The first-order valence-electron chi connectivity index (χ1n) is 5.97. The van der Waals surface area contributed by atoms with Crippen molar-refractivity contribution < 1.29 is 8.78 Å². The van der Waals surface area contributed by atoms with Gasteiger partial charge in [-0.2, -0.15) is 0 Å². The SMILES string of the molecule is Cc1cc(F)c(N2CCC(N)CC2C)cc1F. The highest BCUT2D eigenvalue weighted by atomic mass is 19.1. The molecular formula is C13H18F2N2. The summed E-state index contributed by atoms with van der Waals surface area (Å²) in [5.41, 5.74) is 6.56. The highest BCUT2D eigenvalue weighted by Gasteiger charge is 2.25. The smallest absolute Gasteiger partial charge is 0.146 e. The standard InChI is InChI=1S/C13H18F2N2/c1-8-5-12(15)13(7-11(8)14)17-4-3-10(16)6-9(17)2/h5,7,9-10H,3-4,6,16H2,1-2H3. The number of nitrogens with zero attached hydrogens (tertiary/aromatic N) is 1. The maximum Gasteiger partial charge on any atom is 0.146 e. The fraction of sp³-hybridized carbons (Fsp3) is 0.538. The molecule has 1 aliphatic heterocycles. The van der Waals surface area contributed by atoms with Crippen molar-refractivity contribution in [3.05, 3.63) is 29.3 Å². The van der Waals surface area contributed by atoms with E-state index in [0.29, 0.717) is 17.8 Å². The van der Waals surface area contributed by atoms with Crippen LogP contribution in [0.15, 0.2) is 12.1 Å². The summed E-state index contributed by atoms with van der Waals surface area (Å²) in [6.45, 7) is 4.25. The second kappa shape index (κ2) is 4.61. The van der Waals surface area contributed by atoms with Gasteiger partial charge in [0.05, 0.1) is 5.69 Å². The van der Waals surface area contributed by atoms with Crippen LogP contribution in [0.25, 0.3) is 0 Å². The molecular weight excluding hydrogens is 222 g/mol. The van der Waals surface area contributed by atoms with Gasteiger partial charge >= 0.3 is 0 Å². The molecule has 0 aromatic heterocycles. The highest BCUT2D eigenvalue weighted by Crippen LogP contribution is 2.28. The Morgan fingerprint density at radius 1 is 1.29 bits per heavy atom. The summed E-state index contributed by atoms with van der Waals surface area (Å²) in [5, 5.41) is 0. The Morgan fingerprint density at radius 2 is 2.00 bits per heavy atom. The van der Waals surface area contributed by atoms with Crippen molar-refractivity contribution in [2.45, 2.75) is 38.8 Å². The van der Waals surface area contributed by atoms with Crippen LogP contribution in [0.1, 0.15) is 25.3 Å². The second-order valence-electron chi connectivity index (χ2n) is 4.88. The topological polar surface area (TPSA) is 29.3 Å². The zero-order chi connectivity index (χ0) is 12.6. The third-order valence-electron chi connectivity index (χ3n) is 3.45. The summed E-state index contributed by atoms with van der Waals surface area (Å²) < 4.78 is 27.3. The van der Waals surface area contributed by atoms with Crippen molar-refractivity contribution in [3.8, 4) is 0 Å². The van der Waals surface area contributed by atoms with Crippen molar-refractivity contribution in [2.24, 2.45) is 5.73 Å². The van der Waals surface area contributed by atoms with Crippen molar-refractivity contribution in [3.63, 3.8) is 0 Å². The van der Waals surface area contributed by atoms with E-state index in [0.717, 1.165) is 12.8 Å². The van der Waals surface area contributed by atoms with E-state index in [9.17, 15) is 8.78 Å². The molecule has 0 radical (unpaired) electrons. The van der Waals surface area contributed by atoms with Crippen LogP contribution in [0.2, 0.25) is 0 Å². The van der Waals surface area contributed by atoms with Gasteiger partial charge in [-0.05, 0) is 38.3 Å². The van der Waals surface area contributed by atoms with Crippen molar-refractivity contribution in [2.75, 3.05) is 11.4 Å². The van der Waals surface area contributed by atoms with Gasteiger partial charge in [0.25, 0.3) is 0 Å². The van der Waals surface area contributed by atoms with Crippen molar-refractivity contribution in [1.82, 2.24) is 0 Å². The van der Waals surface area contributed by atoms with Gasteiger partial charge in [-0.15, -0.1) is 0 Å². The molecule has 1 saturated heterocycles. The number of anilines is 1. The molecule has 94 valence electrons. The molecule has 1 fully saturated rings. The lowest BCUT2D eigenvalue weighted by molar-refractivity contribution is 0.424. The molecule has 2 atom stereocenters. The van der Waals surface area contributed by atoms with E-state index >= 15 is 0 Å². The van der Waals surface area contributed by atoms with Gasteiger partial charge in [0.2, 0.25) is 0 Å². The van der Waals surface area contributed by atoms with Crippen molar-refractivity contribution >= 4 is 5.69 Å². The van der Waals surface area contributed by atoms with Gasteiger partial charge in [-0.25, -0.2) is 8.78 Å². The molecule has 2 N–H and O–H groups in total. The summed E-state index contributed by atoms with van der Waals surface area (Å²) in [4.78, 5) is 1.90. The quantitative estimate of drug-likeness (QED) is 0.817. The maximum atomic E-state index is 13.8. The summed E-state index contributed by atoms with van der Waals surface area (Å²) in [5.74, 6) is -0.713. The molecule has 4 heteroatoms. The molecule has 1 heterocycles. The first kappa shape index (κ1) is 12.3. The predicted octanol–water partition coefficient (Wildman–Crippen LogP) is 2.59. The van der Waals surface area contributed by atoms with E-state index < -0.39 is 0 Å². The van der Waals surface area contributed by atoms with E-state index in [2.05, 4.69) is 0 Å². The molecule has 0 aliphatic carbocycles. The Labute approximate surface area is 100 Å². The second-order valence-corrected chi connectivity index (χ2v) is 4.88. The van der Waals surface area contributed by atoms with Gasteiger partial charge in [-0.3, -0.25) is 0 Å². The monoisotopic (exact) mass is 240 g/mol. The number of rotatable bonds is 1. The van der Waals surface area contributed by atoms with Gasteiger partial charge in [-0.1, -0.05) is 0 Å². The van der Waals surface area contributed by atoms with E-state index in [1.54, 1.807) is 6.92 Å². The van der Waals surface area contributed by atoms with E-state index in [4.69, 9.17) is 5.73 Å². The van der Waals surface area contributed by atoms with Gasteiger partial charge in [0.1, 0.15) is 11.6 Å². The Morgan fingerprint density at radius 3 is 2.65 bits per heavy atom. The Bertz CT molecular complexity index is 420. The van der Waals surface area contributed by atoms with E-state index in [1.807, 2.05) is 11.8 Å². The molecule has 0 spiro atoms. The molecule has 1 aliphatic rings. The summed E-state index contributed by atoms with van der Waals surface area (Å²) in [6.07, 6.45) is 1.63. The Balaban J connectivity index is 2.31. The average molecular weight is 240 g/mol. The molecule has 2 rings (SSSR count). The third kappa shape index (κ3) is 2.41. The number of piperidine rings is 1. The number of hydrogen-bond donors (Lipinski definition) is 1. The molecule has 0 bridgehead atoms. The lowest BCUT2D eigenvalue weighted by atomic mass is 9.98. The normalized spacial score (nSPS) is 25.1. The van der Waals surface area contributed by atoms with Crippen molar-refractivity contribution in [1.29, 1.82) is 0 Å². The zero-order valence-electron chi connectivity index (χ0n) is 10.2. The first-order valence-corrected chi connectivity index (χ1v) is 5.97. The molecule has 2 unspecified atom stereocenters. The summed E-state index contributed by atoms with van der Waals surface area (Å²) in [7, 11) is 0. The van der Waals surface area contributed by atoms with Crippen LogP contribution in [-0.2, 0) is 0 Å². The van der Waals surface area contributed by atoms with Crippen LogP contribution in [0.5, 0.6) is 0 Å².